The largest absolute Gasteiger partial charge is 0.303 e. The topological polar surface area (TPSA) is 17.1 Å². The predicted octanol–water partition coefficient (Wildman–Crippen LogP) is 2.71. The van der Waals surface area contributed by atoms with Crippen LogP contribution < -0.4 is 0 Å². The van der Waals surface area contributed by atoms with Gasteiger partial charge in [-0.1, -0.05) is 24.5 Å². The normalized spacial score (nSPS) is 30.7. The Bertz CT molecular complexity index is 199. The molecule has 0 amide bonds. The average molecular weight is 164 g/mol. The monoisotopic (exact) mass is 164 g/mol. The van der Waals surface area contributed by atoms with E-state index in [-0.39, 0.29) is 5.92 Å². The molecule has 0 N–H and O–H groups in total. The van der Waals surface area contributed by atoms with Gasteiger partial charge in [-0.25, -0.2) is 0 Å². The van der Waals surface area contributed by atoms with Crippen LogP contribution in [0.2, 0.25) is 0 Å². The zero-order valence-corrected chi connectivity index (χ0v) is 7.46. The predicted molar refractivity (Wildman–Crippen MR) is 48.8 cm³/mol. The first-order chi connectivity index (χ1) is 5.90. The maximum absolute atomic E-state index is 10.5. The average Bonchev–Trinajstić information content (AvgIpc) is 2.75. The van der Waals surface area contributed by atoms with E-state index in [1.165, 1.54) is 32.1 Å². The van der Waals surface area contributed by atoms with E-state index < -0.39 is 0 Å². The first kappa shape index (κ1) is 8.03. The maximum Gasteiger partial charge on any atom is 0.126 e. The van der Waals surface area contributed by atoms with Crippen molar-refractivity contribution in [1.82, 2.24) is 0 Å². The SMILES string of the molecule is O=CC1C=C(C2CCCC2)CC1. The molecule has 1 nitrogen and oxygen atoms in total. The van der Waals surface area contributed by atoms with Gasteiger partial charge in [-0.15, -0.1) is 0 Å². The summed E-state index contributed by atoms with van der Waals surface area (Å²) < 4.78 is 0. The molecule has 0 spiro atoms. The summed E-state index contributed by atoms with van der Waals surface area (Å²) in [7, 11) is 0. The minimum atomic E-state index is 0.251. The lowest BCUT2D eigenvalue weighted by molar-refractivity contribution is -0.109. The molecule has 12 heavy (non-hydrogen) atoms. The van der Waals surface area contributed by atoms with Crippen molar-refractivity contribution in [2.75, 3.05) is 0 Å². The van der Waals surface area contributed by atoms with Crippen molar-refractivity contribution in [2.24, 2.45) is 11.8 Å². The van der Waals surface area contributed by atoms with Gasteiger partial charge in [-0.05, 0) is 31.6 Å². The minimum Gasteiger partial charge on any atom is -0.303 e. The van der Waals surface area contributed by atoms with Crippen molar-refractivity contribution in [3.63, 3.8) is 0 Å². The Labute approximate surface area is 73.8 Å². The van der Waals surface area contributed by atoms with Crippen LogP contribution in [0.25, 0.3) is 0 Å². The van der Waals surface area contributed by atoms with Crippen LogP contribution in [0.15, 0.2) is 11.6 Å². The fraction of sp³-hybridized carbons (Fsp3) is 0.727. The Kier molecular flexibility index (Phi) is 2.29. The first-order valence-corrected chi connectivity index (χ1v) is 5.06. The second-order valence-electron chi connectivity index (χ2n) is 4.06. The number of hydrogen-bond acceptors (Lipinski definition) is 1. The maximum atomic E-state index is 10.5. The van der Waals surface area contributed by atoms with Crippen molar-refractivity contribution in [2.45, 2.75) is 38.5 Å². The molecule has 1 fully saturated rings. The second kappa shape index (κ2) is 3.42. The Balaban J connectivity index is 1.99. The van der Waals surface area contributed by atoms with Crippen LogP contribution in [-0.4, -0.2) is 6.29 Å². The van der Waals surface area contributed by atoms with Crippen molar-refractivity contribution in [1.29, 1.82) is 0 Å². The summed E-state index contributed by atoms with van der Waals surface area (Å²) in [6, 6.07) is 0. The number of carbonyl (C=O) groups is 1. The molecular formula is C11H16O. The molecule has 2 aliphatic rings. The summed E-state index contributed by atoms with van der Waals surface area (Å²) >= 11 is 0. The van der Waals surface area contributed by atoms with Crippen LogP contribution in [0.3, 0.4) is 0 Å². The van der Waals surface area contributed by atoms with Crippen LogP contribution in [-0.2, 0) is 4.79 Å². The van der Waals surface area contributed by atoms with Gasteiger partial charge in [0.15, 0.2) is 0 Å². The molecule has 0 heterocycles. The van der Waals surface area contributed by atoms with Gasteiger partial charge in [0.05, 0.1) is 0 Å². The number of rotatable bonds is 2. The van der Waals surface area contributed by atoms with Gasteiger partial charge in [0.25, 0.3) is 0 Å². The Morgan fingerprint density at radius 3 is 2.58 bits per heavy atom. The van der Waals surface area contributed by atoms with Gasteiger partial charge in [-0.2, -0.15) is 0 Å². The summed E-state index contributed by atoms with van der Waals surface area (Å²) in [6.07, 6.45) is 11.1. The molecule has 0 bridgehead atoms. The fourth-order valence-electron chi connectivity index (χ4n) is 2.52. The van der Waals surface area contributed by atoms with Gasteiger partial charge in [-0.3, -0.25) is 0 Å². The van der Waals surface area contributed by atoms with Crippen LogP contribution >= 0.6 is 0 Å². The molecule has 1 saturated carbocycles. The van der Waals surface area contributed by atoms with E-state index in [4.69, 9.17) is 0 Å². The van der Waals surface area contributed by atoms with E-state index in [1.54, 1.807) is 5.57 Å². The highest BCUT2D eigenvalue weighted by atomic mass is 16.1. The summed E-state index contributed by atoms with van der Waals surface area (Å²) in [5, 5.41) is 0. The zero-order chi connectivity index (χ0) is 8.39. The third kappa shape index (κ3) is 1.45. The van der Waals surface area contributed by atoms with Crippen LogP contribution in [0.5, 0.6) is 0 Å². The van der Waals surface area contributed by atoms with Gasteiger partial charge in [0.2, 0.25) is 0 Å². The van der Waals surface area contributed by atoms with E-state index in [2.05, 4.69) is 6.08 Å². The van der Waals surface area contributed by atoms with E-state index in [1.807, 2.05) is 0 Å². The Morgan fingerprint density at radius 1 is 1.25 bits per heavy atom. The zero-order valence-electron chi connectivity index (χ0n) is 7.46. The molecule has 0 saturated heterocycles. The van der Waals surface area contributed by atoms with Crippen molar-refractivity contribution in [3.8, 4) is 0 Å². The van der Waals surface area contributed by atoms with Gasteiger partial charge in [0.1, 0.15) is 6.29 Å². The highest BCUT2D eigenvalue weighted by Crippen LogP contribution is 2.37. The molecule has 66 valence electrons. The Hall–Kier alpha value is -0.590. The van der Waals surface area contributed by atoms with E-state index in [0.717, 1.165) is 18.6 Å². The summed E-state index contributed by atoms with van der Waals surface area (Å²) in [6.45, 7) is 0. The van der Waals surface area contributed by atoms with Crippen molar-refractivity contribution < 1.29 is 4.79 Å². The molecule has 0 aromatic carbocycles. The van der Waals surface area contributed by atoms with Gasteiger partial charge in [0, 0.05) is 5.92 Å². The highest BCUT2D eigenvalue weighted by Gasteiger charge is 2.24. The summed E-state index contributed by atoms with van der Waals surface area (Å²) in [5.74, 6) is 1.09. The van der Waals surface area contributed by atoms with Gasteiger partial charge < -0.3 is 4.79 Å². The van der Waals surface area contributed by atoms with E-state index in [0.29, 0.717) is 0 Å². The molecule has 1 atom stereocenters. The molecule has 0 aliphatic heterocycles. The number of carbonyl (C=O) groups excluding carboxylic acids is 1. The van der Waals surface area contributed by atoms with Crippen LogP contribution in [0.4, 0.5) is 0 Å². The van der Waals surface area contributed by atoms with Crippen LogP contribution in [0, 0.1) is 11.8 Å². The lowest BCUT2D eigenvalue weighted by Crippen LogP contribution is -1.94. The third-order valence-electron chi connectivity index (χ3n) is 3.25. The summed E-state index contributed by atoms with van der Waals surface area (Å²) in [4.78, 5) is 10.5. The molecule has 2 rings (SSSR count). The van der Waals surface area contributed by atoms with Crippen LogP contribution in [0.1, 0.15) is 38.5 Å². The summed E-state index contributed by atoms with van der Waals surface area (Å²) in [5.41, 5.74) is 1.59. The second-order valence-corrected chi connectivity index (χ2v) is 4.06. The molecule has 0 aromatic heterocycles. The molecular weight excluding hydrogens is 148 g/mol. The standard InChI is InChI=1S/C11H16O/c12-8-9-5-6-11(7-9)10-3-1-2-4-10/h7-10H,1-6H2. The molecule has 1 heteroatoms. The molecule has 1 unspecified atom stereocenters. The van der Waals surface area contributed by atoms with E-state index >= 15 is 0 Å². The third-order valence-corrected chi connectivity index (χ3v) is 3.25. The van der Waals surface area contributed by atoms with E-state index in [9.17, 15) is 4.79 Å². The molecule has 0 radical (unpaired) electrons. The van der Waals surface area contributed by atoms with Crippen molar-refractivity contribution >= 4 is 6.29 Å². The van der Waals surface area contributed by atoms with Gasteiger partial charge >= 0.3 is 0 Å². The fourth-order valence-corrected chi connectivity index (χ4v) is 2.52. The lowest BCUT2D eigenvalue weighted by atomic mass is 9.97. The number of hydrogen-bond donors (Lipinski definition) is 0. The highest BCUT2D eigenvalue weighted by molar-refractivity contribution is 5.58. The number of aldehydes is 1. The first-order valence-electron chi connectivity index (χ1n) is 5.06. The molecule has 2 aliphatic carbocycles. The lowest BCUT2D eigenvalue weighted by Gasteiger charge is -2.08. The van der Waals surface area contributed by atoms with Crippen molar-refractivity contribution in [3.05, 3.63) is 11.6 Å². The quantitative estimate of drug-likeness (QED) is 0.453. The molecule has 0 aromatic rings. The smallest absolute Gasteiger partial charge is 0.126 e. The minimum absolute atomic E-state index is 0.251. The Morgan fingerprint density at radius 2 is 2.00 bits per heavy atom. The number of allylic oxidation sites excluding steroid dienone is 2.